The van der Waals surface area contributed by atoms with Gasteiger partial charge in [-0.25, -0.2) is 13.8 Å². The van der Waals surface area contributed by atoms with Gasteiger partial charge < -0.3 is 0 Å². The number of aliphatic imine (C=N–C) groups is 1. The summed E-state index contributed by atoms with van der Waals surface area (Å²) in [6.07, 6.45) is 5.82. The van der Waals surface area contributed by atoms with Crippen molar-refractivity contribution >= 4 is 46.0 Å². The number of thioether (sulfide) groups is 3. The summed E-state index contributed by atoms with van der Waals surface area (Å²) in [7, 11) is 0. The van der Waals surface area contributed by atoms with E-state index in [2.05, 4.69) is 0 Å². The van der Waals surface area contributed by atoms with Gasteiger partial charge in [0.05, 0.1) is 15.3 Å². The van der Waals surface area contributed by atoms with E-state index >= 15 is 0 Å². The standard InChI is InChI=1S/C26H25F2NS3/c27-19-10-14-23(15-11-19)31-26(32-24-16-12-20(28)13-17-24)18-25(30-22-8-4-5-9-22)29-21-6-2-1-3-7-21/h1-3,6-7,10-17,22,26H,4-5,8-9,18H2. The molecule has 0 heterocycles. The lowest BCUT2D eigenvalue weighted by Gasteiger charge is -2.19. The molecule has 0 radical (unpaired) electrons. The highest BCUT2D eigenvalue weighted by Crippen LogP contribution is 2.41. The molecule has 32 heavy (non-hydrogen) atoms. The van der Waals surface area contributed by atoms with Crippen LogP contribution in [0.25, 0.3) is 0 Å². The predicted molar refractivity (Wildman–Crippen MR) is 136 cm³/mol. The molecule has 1 aliphatic rings. The second-order valence-corrected chi connectivity index (χ2v) is 11.9. The first-order valence-electron chi connectivity index (χ1n) is 10.8. The lowest BCUT2D eigenvalue weighted by atomic mass is 10.3. The monoisotopic (exact) mass is 485 g/mol. The third-order valence-corrected chi connectivity index (χ3v) is 8.98. The van der Waals surface area contributed by atoms with E-state index in [9.17, 15) is 8.78 Å². The Labute approximate surface area is 201 Å². The average molecular weight is 486 g/mol. The first-order chi connectivity index (χ1) is 15.6. The minimum atomic E-state index is -0.236. The molecule has 1 fully saturated rings. The molecule has 0 amide bonds. The fourth-order valence-electron chi connectivity index (χ4n) is 3.55. The van der Waals surface area contributed by atoms with Crippen molar-refractivity contribution in [2.75, 3.05) is 0 Å². The van der Waals surface area contributed by atoms with Crippen LogP contribution < -0.4 is 0 Å². The number of halogens is 2. The Bertz CT molecular complexity index is 954. The van der Waals surface area contributed by atoms with E-state index in [1.807, 2.05) is 66.4 Å². The fraction of sp³-hybridized carbons (Fsp3) is 0.269. The van der Waals surface area contributed by atoms with Crippen molar-refractivity contribution in [3.63, 3.8) is 0 Å². The highest BCUT2D eigenvalue weighted by Gasteiger charge is 2.22. The van der Waals surface area contributed by atoms with E-state index in [0.717, 1.165) is 26.9 Å². The maximum absolute atomic E-state index is 13.4. The van der Waals surface area contributed by atoms with Crippen LogP contribution in [0.1, 0.15) is 32.1 Å². The zero-order valence-corrected chi connectivity index (χ0v) is 20.1. The van der Waals surface area contributed by atoms with Crippen LogP contribution in [0.15, 0.2) is 93.6 Å². The molecule has 3 aromatic carbocycles. The average Bonchev–Trinajstić information content (AvgIpc) is 3.30. The van der Waals surface area contributed by atoms with E-state index < -0.39 is 0 Å². The first kappa shape index (κ1) is 23.4. The van der Waals surface area contributed by atoms with E-state index in [4.69, 9.17) is 4.99 Å². The summed E-state index contributed by atoms with van der Waals surface area (Å²) in [4.78, 5) is 7.03. The quantitative estimate of drug-likeness (QED) is 0.137. The van der Waals surface area contributed by atoms with Crippen LogP contribution in [0.3, 0.4) is 0 Å². The fourth-order valence-corrected chi connectivity index (χ4v) is 7.67. The van der Waals surface area contributed by atoms with Crippen molar-refractivity contribution in [3.8, 4) is 0 Å². The second-order valence-electron chi connectivity index (χ2n) is 7.64. The normalized spacial score (nSPS) is 14.9. The van der Waals surface area contributed by atoms with Gasteiger partial charge in [-0.15, -0.1) is 35.3 Å². The van der Waals surface area contributed by atoms with Crippen LogP contribution in [-0.4, -0.2) is 14.9 Å². The number of hydrogen-bond acceptors (Lipinski definition) is 4. The van der Waals surface area contributed by atoms with Gasteiger partial charge in [-0.1, -0.05) is 31.0 Å². The van der Waals surface area contributed by atoms with Crippen molar-refractivity contribution in [3.05, 3.63) is 90.5 Å². The number of nitrogens with zero attached hydrogens (tertiary/aromatic N) is 1. The molecule has 166 valence electrons. The molecule has 0 aromatic heterocycles. The molecule has 1 aliphatic carbocycles. The van der Waals surface area contributed by atoms with Gasteiger partial charge in [-0.3, -0.25) is 0 Å². The van der Waals surface area contributed by atoms with Crippen LogP contribution in [0.2, 0.25) is 0 Å². The van der Waals surface area contributed by atoms with Crippen molar-refractivity contribution < 1.29 is 8.78 Å². The molecule has 0 bridgehead atoms. The largest absolute Gasteiger partial charge is 0.247 e. The molecule has 3 aromatic rings. The zero-order valence-electron chi connectivity index (χ0n) is 17.6. The molecule has 0 N–H and O–H groups in total. The van der Waals surface area contributed by atoms with Gasteiger partial charge in [0.2, 0.25) is 0 Å². The summed E-state index contributed by atoms with van der Waals surface area (Å²) < 4.78 is 27.0. The Morgan fingerprint density at radius 2 is 1.31 bits per heavy atom. The Hall–Kier alpha value is -1.76. The van der Waals surface area contributed by atoms with Crippen LogP contribution in [-0.2, 0) is 0 Å². The summed E-state index contributed by atoms with van der Waals surface area (Å²) >= 11 is 5.31. The molecule has 4 rings (SSSR count). The van der Waals surface area contributed by atoms with E-state index in [1.165, 1.54) is 49.9 Å². The molecule has 1 saturated carbocycles. The maximum Gasteiger partial charge on any atom is 0.123 e. The molecule has 6 heteroatoms. The molecule has 0 atom stereocenters. The topological polar surface area (TPSA) is 12.4 Å². The van der Waals surface area contributed by atoms with Crippen molar-refractivity contribution in [2.45, 2.75) is 51.7 Å². The van der Waals surface area contributed by atoms with Crippen molar-refractivity contribution in [2.24, 2.45) is 4.99 Å². The molecular weight excluding hydrogens is 460 g/mol. The Kier molecular flexibility index (Phi) is 8.71. The number of para-hydroxylation sites is 1. The molecular formula is C26H25F2NS3. The van der Waals surface area contributed by atoms with Gasteiger partial charge in [0.1, 0.15) is 11.6 Å². The highest BCUT2D eigenvalue weighted by molar-refractivity contribution is 8.18. The lowest BCUT2D eigenvalue weighted by molar-refractivity contribution is 0.626. The summed E-state index contributed by atoms with van der Waals surface area (Å²) in [6.45, 7) is 0. The molecule has 0 unspecified atom stereocenters. The third kappa shape index (κ3) is 7.39. The molecule has 1 nitrogen and oxygen atoms in total. The van der Waals surface area contributed by atoms with E-state index in [1.54, 1.807) is 23.5 Å². The number of rotatable bonds is 8. The van der Waals surface area contributed by atoms with Crippen molar-refractivity contribution in [1.29, 1.82) is 0 Å². The molecule has 0 spiro atoms. The van der Waals surface area contributed by atoms with Crippen LogP contribution in [0.4, 0.5) is 14.5 Å². The van der Waals surface area contributed by atoms with E-state index in [-0.39, 0.29) is 16.2 Å². The minimum absolute atomic E-state index is 0.127. The van der Waals surface area contributed by atoms with Crippen LogP contribution in [0.5, 0.6) is 0 Å². The summed E-state index contributed by atoms with van der Waals surface area (Å²) in [6, 6.07) is 23.3. The van der Waals surface area contributed by atoms with Gasteiger partial charge in [0.25, 0.3) is 0 Å². The highest BCUT2D eigenvalue weighted by atomic mass is 32.2. The Morgan fingerprint density at radius 3 is 1.84 bits per heavy atom. The zero-order chi connectivity index (χ0) is 22.2. The van der Waals surface area contributed by atoms with Gasteiger partial charge in [-0.2, -0.15) is 0 Å². The smallest absolute Gasteiger partial charge is 0.123 e. The van der Waals surface area contributed by atoms with Gasteiger partial charge in [-0.05, 0) is 73.5 Å². The molecule has 0 aliphatic heterocycles. The third-order valence-electron chi connectivity index (χ3n) is 5.12. The van der Waals surface area contributed by atoms with Crippen LogP contribution in [0, 0.1) is 11.6 Å². The van der Waals surface area contributed by atoms with Gasteiger partial charge >= 0.3 is 0 Å². The summed E-state index contributed by atoms with van der Waals surface area (Å²) in [5.74, 6) is -0.472. The SMILES string of the molecule is Fc1ccc(SC(CC(=Nc2ccccc2)SC2CCCC2)Sc2ccc(F)cc2)cc1. The predicted octanol–water partition coefficient (Wildman–Crippen LogP) is 8.97. The van der Waals surface area contributed by atoms with Crippen molar-refractivity contribution in [1.82, 2.24) is 0 Å². The maximum atomic E-state index is 13.4. The summed E-state index contributed by atoms with van der Waals surface area (Å²) in [5.41, 5.74) is 0.963. The minimum Gasteiger partial charge on any atom is -0.247 e. The lowest BCUT2D eigenvalue weighted by Crippen LogP contribution is -2.09. The van der Waals surface area contributed by atoms with E-state index in [0.29, 0.717) is 5.25 Å². The summed E-state index contributed by atoms with van der Waals surface area (Å²) in [5, 5.41) is 1.74. The first-order valence-corrected chi connectivity index (χ1v) is 13.4. The van der Waals surface area contributed by atoms with Gasteiger partial charge in [0, 0.05) is 21.5 Å². The second kappa shape index (κ2) is 11.9. The van der Waals surface area contributed by atoms with Crippen LogP contribution >= 0.6 is 35.3 Å². The Morgan fingerprint density at radius 1 is 0.781 bits per heavy atom. The number of benzene rings is 3. The Balaban J connectivity index is 1.57. The van der Waals surface area contributed by atoms with Gasteiger partial charge in [0.15, 0.2) is 0 Å². The molecule has 0 saturated heterocycles. The number of hydrogen-bond donors (Lipinski definition) is 0.